The molecular formula is C17H24F2NOTi. The Labute approximate surface area is 147 Å². The van der Waals surface area contributed by atoms with Gasteiger partial charge in [-0.1, -0.05) is 40.5 Å². The van der Waals surface area contributed by atoms with E-state index in [1.165, 1.54) is 11.0 Å². The standard InChI is InChI=1S/C17H24F2NO.Ti/c1-5-7-8-11-20(16(21)17(3,4)6-2)15-10-9-13(18)12-14(15)19;/h9-10H,5-8,11H2,1-4H3;. The van der Waals surface area contributed by atoms with Crippen LogP contribution in [-0.2, 0) is 26.5 Å². The van der Waals surface area contributed by atoms with Crippen molar-refractivity contribution < 1.29 is 35.3 Å². The second-order valence-corrected chi connectivity index (χ2v) is 5.91. The van der Waals surface area contributed by atoms with Gasteiger partial charge in [0.25, 0.3) is 0 Å². The van der Waals surface area contributed by atoms with Gasteiger partial charge in [-0.25, -0.2) is 8.78 Å². The molecule has 0 N–H and O–H groups in total. The van der Waals surface area contributed by atoms with Crippen molar-refractivity contribution in [2.45, 2.75) is 53.4 Å². The Morgan fingerprint density at radius 2 is 1.86 bits per heavy atom. The van der Waals surface area contributed by atoms with E-state index in [1.807, 2.05) is 26.8 Å². The first kappa shape index (κ1) is 21.3. The molecule has 22 heavy (non-hydrogen) atoms. The van der Waals surface area contributed by atoms with Gasteiger partial charge < -0.3 is 4.90 Å². The summed E-state index contributed by atoms with van der Waals surface area (Å²) in [5.74, 6) is -1.71. The minimum Gasteiger partial charge on any atom is -0.309 e. The van der Waals surface area contributed by atoms with E-state index >= 15 is 0 Å². The molecule has 0 aromatic heterocycles. The first-order valence-electron chi connectivity index (χ1n) is 7.52. The summed E-state index contributed by atoms with van der Waals surface area (Å²) in [6.07, 6.45) is 3.42. The zero-order chi connectivity index (χ0) is 16.0. The van der Waals surface area contributed by atoms with Crippen LogP contribution in [0.15, 0.2) is 12.1 Å². The smallest absolute Gasteiger partial charge is 0.232 e. The van der Waals surface area contributed by atoms with Crippen molar-refractivity contribution in [3.05, 3.63) is 29.8 Å². The number of halogens is 2. The molecule has 0 spiro atoms. The van der Waals surface area contributed by atoms with Crippen LogP contribution in [0, 0.1) is 23.1 Å². The average molecular weight is 344 g/mol. The van der Waals surface area contributed by atoms with Crippen molar-refractivity contribution in [2.24, 2.45) is 5.41 Å². The van der Waals surface area contributed by atoms with Gasteiger partial charge in [0, 0.05) is 33.7 Å². The molecule has 1 rings (SSSR count). The molecule has 0 aliphatic heterocycles. The fraction of sp³-hybridized carbons (Fsp3) is 0.588. The maximum absolute atomic E-state index is 14.0. The summed E-state index contributed by atoms with van der Waals surface area (Å²) < 4.78 is 27.0. The van der Waals surface area contributed by atoms with Crippen LogP contribution in [0.1, 0.15) is 53.4 Å². The third-order valence-corrected chi connectivity index (χ3v) is 3.83. The average Bonchev–Trinajstić information content (AvgIpc) is 2.44. The van der Waals surface area contributed by atoms with Gasteiger partial charge in [-0.2, -0.15) is 0 Å². The Morgan fingerprint density at radius 3 is 2.36 bits per heavy atom. The summed E-state index contributed by atoms with van der Waals surface area (Å²) in [5, 5.41) is 0. The van der Waals surface area contributed by atoms with Crippen LogP contribution in [-0.4, -0.2) is 12.5 Å². The number of hydrogen-bond acceptors (Lipinski definition) is 1. The molecule has 1 aromatic carbocycles. The van der Waals surface area contributed by atoms with Gasteiger partial charge in [0.05, 0.1) is 11.8 Å². The Morgan fingerprint density at radius 1 is 1.23 bits per heavy atom. The largest absolute Gasteiger partial charge is 0.309 e. The zero-order valence-electron chi connectivity index (χ0n) is 13.8. The molecule has 5 heteroatoms. The van der Waals surface area contributed by atoms with E-state index in [0.717, 1.165) is 25.3 Å². The van der Waals surface area contributed by atoms with Gasteiger partial charge in [-0.15, -0.1) is 0 Å². The molecule has 0 saturated heterocycles. The molecule has 0 aliphatic carbocycles. The first-order chi connectivity index (χ1) is 9.83. The summed E-state index contributed by atoms with van der Waals surface area (Å²) in [6.45, 7) is 8.11. The van der Waals surface area contributed by atoms with Crippen molar-refractivity contribution in [1.82, 2.24) is 0 Å². The van der Waals surface area contributed by atoms with Gasteiger partial charge in [0.2, 0.25) is 5.91 Å². The maximum Gasteiger partial charge on any atom is 0.232 e. The van der Waals surface area contributed by atoms with E-state index in [1.54, 1.807) is 0 Å². The van der Waals surface area contributed by atoms with Crippen LogP contribution in [0.5, 0.6) is 0 Å². The molecule has 1 radical (unpaired) electrons. The summed E-state index contributed by atoms with van der Waals surface area (Å²) in [5.41, 5.74) is -0.466. The summed E-state index contributed by atoms with van der Waals surface area (Å²) in [4.78, 5) is 14.1. The van der Waals surface area contributed by atoms with E-state index < -0.39 is 17.0 Å². The van der Waals surface area contributed by atoms with E-state index in [2.05, 4.69) is 6.92 Å². The molecule has 0 heterocycles. The second-order valence-electron chi connectivity index (χ2n) is 5.91. The molecule has 121 valence electrons. The first-order valence-corrected chi connectivity index (χ1v) is 7.52. The Bertz CT molecular complexity index is 492. The van der Waals surface area contributed by atoms with Crippen LogP contribution in [0.25, 0.3) is 0 Å². The SMILES string of the molecule is CCCCCN(C(=O)C(C)(C)CC)c1ccc(F)[c]c1F.[Ti]. The molecule has 0 aliphatic rings. The molecule has 0 bridgehead atoms. The molecule has 1 aromatic rings. The number of hydrogen-bond donors (Lipinski definition) is 0. The maximum atomic E-state index is 14.0. The minimum absolute atomic E-state index is 0. The summed E-state index contributed by atoms with van der Waals surface area (Å²) >= 11 is 0. The number of anilines is 1. The van der Waals surface area contributed by atoms with Gasteiger partial charge in [-0.3, -0.25) is 4.79 Å². The number of unbranched alkanes of at least 4 members (excludes halogenated alkanes) is 2. The van der Waals surface area contributed by atoms with Gasteiger partial charge in [0.1, 0.15) is 5.82 Å². The van der Waals surface area contributed by atoms with Crippen LogP contribution >= 0.6 is 0 Å². The molecule has 1 amide bonds. The summed E-state index contributed by atoms with van der Waals surface area (Å²) in [6, 6.07) is 4.46. The third-order valence-electron chi connectivity index (χ3n) is 3.83. The zero-order valence-corrected chi connectivity index (χ0v) is 15.4. The minimum atomic E-state index is -0.813. The van der Waals surface area contributed by atoms with Crippen molar-refractivity contribution in [1.29, 1.82) is 0 Å². The number of rotatable bonds is 7. The Kier molecular flexibility index (Phi) is 9.10. The van der Waals surface area contributed by atoms with E-state index in [-0.39, 0.29) is 33.3 Å². The second kappa shape index (κ2) is 9.41. The van der Waals surface area contributed by atoms with Crippen LogP contribution in [0.2, 0.25) is 0 Å². The molecule has 2 nitrogen and oxygen atoms in total. The van der Waals surface area contributed by atoms with Gasteiger partial charge in [-0.05, 0) is 25.0 Å². The number of carbonyl (C=O) groups excluding carboxylic acids is 1. The molecular weight excluding hydrogens is 320 g/mol. The van der Waals surface area contributed by atoms with Gasteiger partial charge in [0.15, 0.2) is 5.82 Å². The van der Waals surface area contributed by atoms with E-state index in [4.69, 9.17) is 0 Å². The number of nitrogens with zero attached hydrogens (tertiary/aromatic N) is 1. The quantitative estimate of drug-likeness (QED) is 0.518. The third kappa shape index (κ3) is 5.47. The fourth-order valence-electron chi connectivity index (χ4n) is 2.01. The van der Waals surface area contributed by atoms with Gasteiger partial charge >= 0.3 is 0 Å². The van der Waals surface area contributed by atoms with Crippen molar-refractivity contribution in [2.75, 3.05) is 11.4 Å². The van der Waals surface area contributed by atoms with Crippen molar-refractivity contribution in [3.63, 3.8) is 0 Å². The topological polar surface area (TPSA) is 20.3 Å². The number of amides is 1. The number of benzene rings is 1. The van der Waals surface area contributed by atoms with Crippen molar-refractivity contribution in [3.8, 4) is 0 Å². The van der Waals surface area contributed by atoms with Crippen molar-refractivity contribution >= 4 is 11.6 Å². The Hall–Kier alpha value is -0.736. The monoisotopic (exact) mass is 344 g/mol. The van der Waals surface area contributed by atoms with Crippen LogP contribution in [0.3, 0.4) is 0 Å². The van der Waals surface area contributed by atoms with Crippen LogP contribution < -0.4 is 4.90 Å². The van der Waals surface area contributed by atoms with Crippen LogP contribution in [0.4, 0.5) is 14.5 Å². The Balaban J connectivity index is 0.00000441. The van der Waals surface area contributed by atoms with E-state index in [9.17, 15) is 13.6 Å². The molecule has 0 saturated carbocycles. The normalized spacial score (nSPS) is 11.0. The molecule has 0 fully saturated rings. The predicted molar refractivity (Wildman–Crippen MR) is 81.1 cm³/mol. The number of carbonyl (C=O) groups is 1. The predicted octanol–water partition coefficient (Wildman–Crippen LogP) is 4.72. The molecule has 0 atom stereocenters. The molecule has 0 unspecified atom stereocenters. The fourth-order valence-corrected chi connectivity index (χ4v) is 2.01. The summed E-state index contributed by atoms with van der Waals surface area (Å²) in [7, 11) is 0. The van der Waals surface area contributed by atoms with E-state index in [0.29, 0.717) is 13.0 Å².